The van der Waals surface area contributed by atoms with Gasteiger partial charge >= 0.3 is 24.0 Å². The summed E-state index contributed by atoms with van der Waals surface area (Å²) in [5.41, 5.74) is -1.32. The van der Waals surface area contributed by atoms with E-state index in [0.29, 0.717) is 5.56 Å². The maximum Gasteiger partial charge on any atom is 0.450 e. The Balaban J connectivity index is 2.49. The molecule has 0 spiro atoms. The molecule has 0 saturated heterocycles. The van der Waals surface area contributed by atoms with E-state index in [-0.39, 0.29) is 11.3 Å². The molecule has 0 radical (unpaired) electrons. The fraction of sp³-hybridized carbons (Fsp3) is 0.286. The van der Waals surface area contributed by atoms with Gasteiger partial charge < -0.3 is 10.1 Å². The first-order chi connectivity index (χ1) is 15.8. The summed E-state index contributed by atoms with van der Waals surface area (Å²) in [5, 5.41) is 1.42. The van der Waals surface area contributed by atoms with Gasteiger partial charge in [-0.2, -0.15) is 31.8 Å². The molecule has 1 amide bonds. The number of aliphatic imine (C=N–C) groups is 1. The Morgan fingerprint density at radius 3 is 2.03 bits per heavy atom. The second-order valence-electron chi connectivity index (χ2n) is 6.83. The predicted molar refractivity (Wildman–Crippen MR) is 110 cm³/mol. The summed E-state index contributed by atoms with van der Waals surface area (Å²) in [5.74, 6) is -5.39. The van der Waals surface area contributed by atoms with E-state index >= 15 is 0 Å². The van der Waals surface area contributed by atoms with Gasteiger partial charge in [-0.3, -0.25) is 10.2 Å². The zero-order chi connectivity index (χ0) is 25.6. The first-order valence-corrected chi connectivity index (χ1v) is 9.67. The van der Waals surface area contributed by atoms with E-state index in [1.807, 2.05) is 0 Å². The van der Waals surface area contributed by atoms with Crippen LogP contribution in [0.5, 0.6) is 0 Å². The number of rotatable bonds is 7. The Morgan fingerprint density at radius 1 is 0.941 bits per heavy atom. The number of nitrogens with zero attached hydrogens (tertiary/aromatic N) is 1. The first kappa shape index (κ1) is 26.6. The number of aryl methyl sites for hydroxylation is 1. The largest absolute Gasteiger partial charge is 0.463 e. The molecule has 13 heteroatoms. The van der Waals surface area contributed by atoms with Gasteiger partial charge in [0.1, 0.15) is 0 Å². The van der Waals surface area contributed by atoms with Crippen molar-refractivity contribution in [3.8, 4) is 0 Å². The molecule has 0 fully saturated rings. The van der Waals surface area contributed by atoms with Crippen molar-refractivity contribution in [3.63, 3.8) is 0 Å². The van der Waals surface area contributed by atoms with E-state index in [0.717, 1.165) is 12.1 Å². The molecule has 3 N–H and O–H groups in total. The van der Waals surface area contributed by atoms with Gasteiger partial charge in [0, 0.05) is 5.56 Å². The van der Waals surface area contributed by atoms with Crippen molar-refractivity contribution in [2.45, 2.75) is 31.9 Å². The van der Waals surface area contributed by atoms with Crippen molar-refractivity contribution in [3.05, 3.63) is 65.7 Å². The fourth-order valence-corrected chi connectivity index (χ4v) is 2.53. The molecule has 1 unspecified atom stereocenters. The number of halogens is 6. The summed E-state index contributed by atoms with van der Waals surface area (Å²) in [4.78, 5) is 28.1. The van der Waals surface area contributed by atoms with Gasteiger partial charge in [0.15, 0.2) is 0 Å². The third-order valence-corrected chi connectivity index (χ3v) is 4.26. The lowest BCUT2D eigenvalue weighted by molar-refractivity contribution is -0.220. The van der Waals surface area contributed by atoms with E-state index in [2.05, 4.69) is 9.73 Å². The predicted octanol–water partition coefficient (Wildman–Crippen LogP) is 3.93. The monoisotopic (exact) mass is 490 g/mol. The normalized spacial score (nSPS) is 14.2. The smallest absolute Gasteiger partial charge is 0.450 e. The van der Waals surface area contributed by atoms with Crippen LogP contribution in [0.15, 0.2) is 59.6 Å². The summed E-state index contributed by atoms with van der Waals surface area (Å²) >= 11 is 0. The van der Waals surface area contributed by atoms with Crippen molar-refractivity contribution in [1.82, 2.24) is 16.2 Å². The fourth-order valence-electron chi connectivity index (χ4n) is 2.53. The second kappa shape index (κ2) is 10.5. The SMILES string of the molecule is CCOC(=O)C(NNC(=Nc1ccc(C)cc1)C(F)(F)F)(NC(=O)c1ccccc1)C(F)(F)F. The van der Waals surface area contributed by atoms with Crippen molar-refractivity contribution in [2.24, 2.45) is 4.99 Å². The Bertz CT molecular complexity index is 1020. The quantitative estimate of drug-likeness (QED) is 0.137. The molecule has 0 heterocycles. The molecule has 34 heavy (non-hydrogen) atoms. The minimum Gasteiger partial charge on any atom is -0.463 e. The van der Waals surface area contributed by atoms with E-state index in [1.165, 1.54) is 65.6 Å². The highest BCUT2D eigenvalue weighted by Crippen LogP contribution is 2.30. The van der Waals surface area contributed by atoms with E-state index < -0.39 is 42.3 Å². The molecular formula is C21H20F6N4O3. The third kappa shape index (κ3) is 6.47. The number of alkyl halides is 6. The van der Waals surface area contributed by atoms with Crippen LogP contribution < -0.4 is 16.2 Å². The summed E-state index contributed by atoms with van der Waals surface area (Å²) in [6.07, 6.45) is -10.9. The summed E-state index contributed by atoms with van der Waals surface area (Å²) in [6.45, 7) is 2.30. The van der Waals surface area contributed by atoms with Gasteiger partial charge in [-0.05, 0) is 38.1 Å². The third-order valence-electron chi connectivity index (χ3n) is 4.26. The number of hydrogen-bond donors (Lipinski definition) is 3. The number of hydrogen-bond acceptors (Lipinski definition) is 5. The second-order valence-corrected chi connectivity index (χ2v) is 6.83. The van der Waals surface area contributed by atoms with E-state index in [9.17, 15) is 35.9 Å². The number of ether oxygens (including phenoxy) is 1. The lowest BCUT2D eigenvalue weighted by Gasteiger charge is -2.35. The molecule has 2 aromatic carbocycles. The molecular weight excluding hydrogens is 470 g/mol. The molecule has 7 nitrogen and oxygen atoms in total. The summed E-state index contributed by atoms with van der Waals surface area (Å²) in [7, 11) is 0. The maximum absolute atomic E-state index is 14.1. The standard InChI is InChI=1S/C21H20F6N4O3/c1-3-34-18(33)19(21(25,26)27,29-16(32)14-7-5-4-6-8-14)31-30-17(20(22,23)24)28-15-11-9-13(2)10-12-15/h4-12,31H,3H2,1-2H3,(H,28,30)(H,29,32). The van der Waals surface area contributed by atoms with Gasteiger partial charge in [-0.25, -0.2) is 9.79 Å². The van der Waals surface area contributed by atoms with Crippen molar-refractivity contribution >= 4 is 23.4 Å². The lowest BCUT2D eigenvalue weighted by atomic mass is 10.1. The molecule has 1 atom stereocenters. The molecule has 0 aliphatic heterocycles. The number of amides is 1. The highest BCUT2D eigenvalue weighted by atomic mass is 19.4. The van der Waals surface area contributed by atoms with Gasteiger partial charge in [-0.1, -0.05) is 35.9 Å². The highest BCUT2D eigenvalue weighted by molar-refractivity contribution is 5.98. The highest BCUT2D eigenvalue weighted by Gasteiger charge is 2.64. The minimum atomic E-state index is -5.64. The van der Waals surface area contributed by atoms with Crippen molar-refractivity contribution < 1.29 is 40.7 Å². The van der Waals surface area contributed by atoms with Crippen LogP contribution in [-0.4, -0.2) is 42.3 Å². The molecule has 0 bridgehead atoms. The van der Waals surface area contributed by atoms with E-state index in [4.69, 9.17) is 0 Å². The Kier molecular flexibility index (Phi) is 8.26. The molecule has 2 aromatic rings. The molecule has 0 aliphatic rings. The molecule has 0 saturated carbocycles. The Labute approximate surface area is 190 Å². The number of carbonyl (C=O) groups excluding carboxylic acids is 2. The van der Waals surface area contributed by atoms with Crippen LogP contribution in [-0.2, 0) is 9.53 Å². The lowest BCUT2D eigenvalue weighted by Crippen LogP contribution is -2.76. The van der Waals surface area contributed by atoms with Crippen LogP contribution in [0.2, 0.25) is 0 Å². The van der Waals surface area contributed by atoms with Gasteiger partial charge in [-0.15, -0.1) is 0 Å². The van der Waals surface area contributed by atoms with Gasteiger partial charge in [0.2, 0.25) is 5.84 Å². The average molecular weight is 490 g/mol. The summed E-state index contributed by atoms with van der Waals surface area (Å²) < 4.78 is 87.3. The van der Waals surface area contributed by atoms with Crippen LogP contribution in [0.4, 0.5) is 32.0 Å². The van der Waals surface area contributed by atoms with Gasteiger partial charge in [0.05, 0.1) is 12.3 Å². The molecule has 0 aliphatic carbocycles. The molecule has 2 rings (SSSR count). The number of hydrazine groups is 1. The van der Waals surface area contributed by atoms with Crippen molar-refractivity contribution in [2.75, 3.05) is 6.61 Å². The number of nitrogens with one attached hydrogen (secondary N) is 3. The van der Waals surface area contributed by atoms with Crippen molar-refractivity contribution in [1.29, 1.82) is 0 Å². The van der Waals surface area contributed by atoms with Crippen LogP contribution in [0.25, 0.3) is 0 Å². The zero-order valence-electron chi connectivity index (χ0n) is 17.8. The topological polar surface area (TPSA) is 91.8 Å². The van der Waals surface area contributed by atoms with Crippen LogP contribution in [0.1, 0.15) is 22.8 Å². The first-order valence-electron chi connectivity index (χ1n) is 9.67. The van der Waals surface area contributed by atoms with Crippen LogP contribution in [0, 0.1) is 6.92 Å². The van der Waals surface area contributed by atoms with Crippen LogP contribution in [0.3, 0.4) is 0 Å². The summed E-state index contributed by atoms with van der Waals surface area (Å²) in [6, 6.07) is 11.8. The molecule has 0 aromatic heterocycles. The number of carbonyl (C=O) groups is 2. The number of amidine groups is 1. The van der Waals surface area contributed by atoms with Crippen LogP contribution >= 0.6 is 0 Å². The number of esters is 1. The number of benzene rings is 2. The van der Waals surface area contributed by atoms with E-state index in [1.54, 1.807) is 6.92 Å². The van der Waals surface area contributed by atoms with Gasteiger partial charge in [0.25, 0.3) is 5.91 Å². The average Bonchev–Trinajstić information content (AvgIpc) is 2.76. The maximum atomic E-state index is 14.1. The Morgan fingerprint density at radius 2 is 1.53 bits per heavy atom. The zero-order valence-corrected chi connectivity index (χ0v) is 17.8. The Hall–Kier alpha value is -3.61. The molecule has 184 valence electrons. The minimum absolute atomic E-state index is 0.228.